The van der Waals surface area contributed by atoms with Gasteiger partial charge in [-0.05, 0) is 0 Å². The summed E-state index contributed by atoms with van der Waals surface area (Å²) in [5.74, 6) is -1.75. The Balaban J connectivity index is 2.33. The van der Waals surface area contributed by atoms with Crippen LogP contribution in [0, 0.1) is 5.95 Å². The second-order valence-corrected chi connectivity index (χ2v) is 2.06. The zero-order valence-corrected chi connectivity index (χ0v) is 6.08. The van der Waals surface area contributed by atoms with E-state index in [1.165, 1.54) is 6.33 Å². The molecule has 0 radical (unpaired) electrons. The zero-order chi connectivity index (χ0) is 8.97. The van der Waals surface area contributed by atoms with Gasteiger partial charge in [-0.25, -0.2) is 9.78 Å². The minimum atomic E-state index is -1.09. The molecular formula is C6H7FN2O3. The number of aromatic amines is 1. The smallest absolute Gasteiger partial charge is 0.329 e. The lowest BCUT2D eigenvalue weighted by atomic mass is 10.5. The third-order valence-electron chi connectivity index (χ3n) is 1.14. The summed E-state index contributed by atoms with van der Waals surface area (Å²) in [6, 6.07) is 0. The van der Waals surface area contributed by atoms with Gasteiger partial charge in [-0.15, -0.1) is 0 Å². The number of hydrogen-bond acceptors (Lipinski definition) is 3. The van der Waals surface area contributed by atoms with E-state index in [0.717, 1.165) is 0 Å². The summed E-state index contributed by atoms with van der Waals surface area (Å²) in [5.41, 5.74) is 0.149. The van der Waals surface area contributed by atoms with Crippen LogP contribution in [0.1, 0.15) is 5.69 Å². The third-order valence-corrected chi connectivity index (χ3v) is 1.14. The fourth-order valence-electron chi connectivity index (χ4n) is 0.646. The van der Waals surface area contributed by atoms with Crippen molar-refractivity contribution in [1.82, 2.24) is 9.97 Å². The Morgan fingerprint density at radius 3 is 3.08 bits per heavy atom. The number of carbonyl (C=O) groups is 1. The molecule has 0 bridgehead atoms. The van der Waals surface area contributed by atoms with Gasteiger partial charge >= 0.3 is 5.97 Å². The molecule has 0 atom stereocenters. The van der Waals surface area contributed by atoms with Crippen molar-refractivity contribution in [3.05, 3.63) is 18.0 Å². The maximum atomic E-state index is 12.5. The van der Waals surface area contributed by atoms with Gasteiger partial charge in [0, 0.05) is 0 Å². The van der Waals surface area contributed by atoms with E-state index in [9.17, 15) is 9.18 Å². The van der Waals surface area contributed by atoms with Crippen LogP contribution in [0.2, 0.25) is 0 Å². The number of carboxylic acid groups (broad SMARTS) is 1. The molecule has 0 spiro atoms. The number of ether oxygens (including phenoxy) is 1. The Labute approximate surface area is 67.2 Å². The van der Waals surface area contributed by atoms with Gasteiger partial charge in [0.05, 0.1) is 18.6 Å². The molecule has 5 nitrogen and oxygen atoms in total. The van der Waals surface area contributed by atoms with Gasteiger partial charge in [-0.1, -0.05) is 0 Å². The van der Waals surface area contributed by atoms with E-state index >= 15 is 0 Å². The molecule has 1 rings (SSSR count). The van der Waals surface area contributed by atoms with E-state index in [1.54, 1.807) is 0 Å². The molecule has 0 fully saturated rings. The topological polar surface area (TPSA) is 75.2 Å². The van der Waals surface area contributed by atoms with E-state index in [4.69, 9.17) is 5.11 Å². The fourth-order valence-corrected chi connectivity index (χ4v) is 0.646. The lowest BCUT2D eigenvalue weighted by molar-refractivity contribution is -0.142. The largest absolute Gasteiger partial charge is 0.480 e. The lowest BCUT2D eigenvalue weighted by Crippen LogP contribution is -2.07. The highest BCUT2D eigenvalue weighted by Gasteiger charge is 2.04. The molecule has 1 aromatic heterocycles. The number of hydrogen-bond donors (Lipinski definition) is 2. The van der Waals surface area contributed by atoms with Gasteiger partial charge in [-0.3, -0.25) is 0 Å². The summed E-state index contributed by atoms with van der Waals surface area (Å²) >= 11 is 0. The van der Waals surface area contributed by atoms with Crippen LogP contribution >= 0.6 is 0 Å². The molecule has 0 aromatic carbocycles. The minimum absolute atomic E-state index is 0.113. The third kappa shape index (κ3) is 2.31. The van der Waals surface area contributed by atoms with E-state index in [-0.39, 0.29) is 12.3 Å². The van der Waals surface area contributed by atoms with Crippen LogP contribution in [-0.4, -0.2) is 27.7 Å². The van der Waals surface area contributed by atoms with Gasteiger partial charge in [-0.2, -0.15) is 4.39 Å². The molecule has 0 saturated heterocycles. The van der Waals surface area contributed by atoms with Gasteiger partial charge in [0.1, 0.15) is 6.61 Å². The maximum Gasteiger partial charge on any atom is 0.329 e. The predicted molar refractivity (Wildman–Crippen MR) is 35.8 cm³/mol. The number of aromatic nitrogens is 2. The molecule has 0 aliphatic heterocycles. The summed E-state index contributed by atoms with van der Waals surface area (Å²) in [6.45, 7) is -0.559. The number of nitrogens with zero attached hydrogens (tertiary/aromatic N) is 1. The van der Waals surface area contributed by atoms with Crippen LogP contribution in [-0.2, 0) is 16.1 Å². The van der Waals surface area contributed by atoms with Crippen molar-refractivity contribution in [1.29, 1.82) is 0 Å². The molecule has 0 unspecified atom stereocenters. The second kappa shape index (κ2) is 3.82. The van der Waals surface area contributed by atoms with Crippen LogP contribution in [0.5, 0.6) is 0 Å². The van der Waals surface area contributed by atoms with E-state index in [2.05, 4.69) is 14.7 Å². The van der Waals surface area contributed by atoms with Gasteiger partial charge in [0.2, 0.25) is 5.95 Å². The molecule has 0 saturated carbocycles. The van der Waals surface area contributed by atoms with Crippen molar-refractivity contribution >= 4 is 5.97 Å². The quantitative estimate of drug-likeness (QED) is 0.681. The molecule has 1 aromatic rings. The zero-order valence-electron chi connectivity index (χ0n) is 6.08. The van der Waals surface area contributed by atoms with Gasteiger partial charge in [0.25, 0.3) is 0 Å². The van der Waals surface area contributed by atoms with Crippen molar-refractivity contribution in [2.45, 2.75) is 6.61 Å². The molecule has 0 aliphatic carbocycles. The highest BCUT2D eigenvalue weighted by molar-refractivity contribution is 5.67. The Morgan fingerprint density at radius 2 is 2.58 bits per heavy atom. The van der Waals surface area contributed by atoms with Crippen LogP contribution < -0.4 is 0 Å². The first-order chi connectivity index (χ1) is 5.70. The first kappa shape index (κ1) is 8.66. The molecule has 12 heavy (non-hydrogen) atoms. The average molecular weight is 174 g/mol. The Morgan fingerprint density at radius 1 is 1.83 bits per heavy atom. The van der Waals surface area contributed by atoms with E-state index in [1.807, 2.05) is 0 Å². The average Bonchev–Trinajstić information content (AvgIpc) is 2.36. The van der Waals surface area contributed by atoms with Crippen LogP contribution in [0.15, 0.2) is 6.33 Å². The Bertz CT molecular complexity index is 274. The first-order valence-electron chi connectivity index (χ1n) is 3.17. The number of rotatable bonds is 4. The Hall–Kier alpha value is -1.43. The molecule has 6 heteroatoms. The minimum Gasteiger partial charge on any atom is -0.480 e. The Kier molecular flexibility index (Phi) is 2.76. The first-order valence-corrected chi connectivity index (χ1v) is 3.17. The fraction of sp³-hybridized carbons (Fsp3) is 0.333. The molecule has 2 N–H and O–H groups in total. The molecule has 0 amide bonds. The second-order valence-electron chi connectivity index (χ2n) is 2.06. The predicted octanol–water partition coefficient (Wildman–Crippen LogP) is 0.150. The monoisotopic (exact) mass is 174 g/mol. The maximum absolute atomic E-state index is 12.5. The number of H-pyrrole nitrogens is 1. The molecule has 0 aliphatic rings. The van der Waals surface area contributed by atoms with Crippen molar-refractivity contribution in [3.63, 3.8) is 0 Å². The molecule has 66 valence electrons. The van der Waals surface area contributed by atoms with E-state index < -0.39 is 18.5 Å². The number of nitrogens with one attached hydrogen (secondary N) is 1. The molecular weight excluding hydrogens is 167 g/mol. The summed E-state index contributed by atoms with van der Waals surface area (Å²) in [4.78, 5) is 15.7. The van der Waals surface area contributed by atoms with Crippen LogP contribution in [0.3, 0.4) is 0 Å². The highest BCUT2D eigenvalue weighted by atomic mass is 19.1. The van der Waals surface area contributed by atoms with Crippen molar-refractivity contribution in [2.24, 2.45) is 0 Å². The number of aliphatic carboxylic acids is 1. The van der Waals surface area contributed by atoms with E-state index in [0.29, 0.717) is 0 Å². The number of imidazole rings is 1. The summed E-state index contributed by atoms with van der Waals surface area (Å²) < 4.78 is 17.1. The molecule has 1 heterocycles. The van der Waals surface area contributed by atoms with Crippen LogP contribution in [0.25, 0.3) is 0 Å². The summed E-state index contributed by atoms with van der Waals surface area (Å²) in [7, 11) is 0. The SMILES string of the molecule is O=C(O)COCc1[nH]cnc1F. The summed E-state index contributed by atoms with van der Waals surface area (Å²) in [6.07, 6.45) is 1.18. The lowest BCUT2D eigenvalue weighted by Gasteiger charge is -1.97. The van der Waals surface area contributed by atoms with Gasteiger partial charge < -0.3 is 14.8 Å². The van der Waals surface area contributed by atoms with Crippen molar-refractivity contribution in [2.75, 3.05) is 6.61 Å². The number of halogens is 1. The number of carboxylic acids is 1. The van der Waals surface area contributed by atoms with Crippen LogP contribution in [0.4, 0.5) is 4.39 Å². The standard InChI is InChI=1S/C6H7FN2O3/c7-6-4(8-3-9-6)1-12-2-5(10)11/h3H,1-2H2,(H,8,9)(H,10,11). The van der Waals surface area contributed by atoms with Crippen molar-refractivity contribution < 1.29 is 19.0 Å². The normalized spacial score (nSPS) is 10.1. The van der Waals surface area contributed by atoms with Crippen molar-refractivity contribution in [3.8, 4) is 0 Å². The van der Waals surface area contributed by atoms with Gasteiger partial charge in [0.15, 0.2) is 0 Å². The summed E-state index contributed by atoms with van der Waals surface area (Å²) in [5, 5.41) is 8.17. The highest BCUT2D eigenvalue weighted by Crippen LogP contribution is 2.00.